The summed E-state index contributed by atoms with van der Waals surface area (Å²) in [5.74, 6) is -2.03. The van der Waals surface area contributed by atoms with Gasteiger partial charge in [0.2, 0.25) is 0 Å². The van der Waals surface area contributed by atoms with Gasteiger partial charge in [-0.2, -0.15) is 0 Å². The number of carbonyl (C=O) groups is 3. The second-order valence-corrected chi connectivity index (χ2v) is 7.83. The quantitative estimate of drug-likeness (QED) is 0.444. The number of rotatable bonds is 6. The molecule has 0 aromatic heterocycles. The van der Waals surface area contributed by atoms with Crippen molar-refractivity contribution in [1.82, 2.24) is 0 Å². The van der Waals surface area contributed by atoms with E-state index in [2.05, 4.69) is 0 Å². The highest BCUT2D eigenvalue weighted by molar-refractivity contribution is 6.01. The number of aliphatic carboxylic acids is 1. The van der Waals surface area contributed by atoms with Gasteiger partial charge in [0.05, 0.1) is 12.5 Å². The van der Waals surface area contributed by atoms with Crippen molar-refractivity contribution >= 4 is 17.7 Å². The van der Waals surface area contributed by atoms with Gasteiger partial charge in [0.25, 0.3) is 0 Å². The highest BCUT2D eigenvalue weighted by Crippen LogP contribution is 2.75. The third-order valence-electron chi connectivity index (χ3n) is 6.36. The Morgan fingerprint density at radius 1 is 1.35 bits per heavy atom. The molecular formula is C21H28O5. The average molecular weight is 360 g/mol. The van der Waals surface area contributed by atoms with E-state index in [0.717, 1.165) is 11.1 Å². The van der Waals surface area contributed by atoms with Crippen LogP contribution in [-0.4, -0.2) is 29.9 Å². The Bertz CT molecular complexity index is 738. The van der Waals surface area contributed by atoms with Crippen molar-refractivity contribution in [2.24, 2.45) is 22.7 Å². The third-order valence-corrected chi connectivity index (χ3v) is 6.36. The lowest BCUT2D eigenvalue weighted by Crippen LogP contribution is -2.31. The van der Waals surface area contributed by atoms with E-state index in [4.69, 9.17) is 4.74 Å². The highest BCUT2D eigenvalue weighted by atomic mass is 16.5. The predicted octanol–water partition coefficient (Wildman–Crippen LogP) is 3.70. The van der Waals surface area contributed by atoms with Gasteiger partial charge in [-0.3, -0.25) is 9.59 Å². The standard InChI is InChI=1S/C21H28O5/c1-7-8-9-14-13(3)15(11-16(14)22)21(19(24)25)17(20(21,4)5)10-12(2)18(23)26-6/h7-8,10,15,17H,9,11H2,1-6H3,(H,24,25)/b8-7+,12-10+/t15-,17+,21-/m1/s1. The summed E-state index contributed by atoms with van der Waals surface area (Å²) >= 11 is 0. The van der Waals surface area contributed by atoms with Gasteiger partial charge < -0.3 is 9.84 Å². The van der Waals surface area contributed by atoms with Gasteiger partial charge in [0.1, 0.15) is 0 Å². The summed E-state index contributed by atoms with van der Waals surface area (Å²) in [7, 11) is 1.30. The molecule has 1 saturated carbocycles. The van der Waals surface area contributed by atoms with Crippen LogP contribution in [0.15, 0.2) is 34.9 Å². The molecule has 2 rings (SSSR count). The molecule has 0 spiro atoms. The van der Waals surface area contributed by atoms with E-state index >= 15 is 0 Å². The lowest BCUT2D eigenvalue weighted by Gasteiger charge is -2.24. The molecule has 0 aromatic carbocycles. The van der Waals surface area contributed by atoms with Gasteiger partial charge >= 0.3 is 11.9 Å². The summed E-state index contributed by atoms with van der Waals surface area (Å²) in [6.07, 6.45) is 6.27. The zero-order valence-electron chi connectivity index (χ0n) is 16.4. The fourth-order valence-corrected chi connectivity index (χ4v) is 4.78. The number of Topliss-reactive ketones (excluding diaryl/α,β-unsaturated/α-hetero) is 1. The Labute approximate surface area is 154 Å². The maximum atomic E-state index is 12.5. The molecule has 5 nitrogen and oxygen atoms in total. The Kier molecular flexibility index (Phi) is 5.31. The number of methoxy groups -OCH3 is 1. The predicted molar refractivity (Wildman–Crippen MR) is 98.4 cm³/mol. The van der Waals surface area contributed by atoms with E-state index < -0.39 is 22.8 Å². The number of hydrogen-bond acceptors (Lipinski definition) is 4. The van der Waals surface area contributed by atoms with E-state index in [0.29, 0.717) is 12.0 Å². The summed E-state index contributed by atoms with van der Waals surface area (Å²) in [4.78, 5) is 36.7. The van der Waals surface area contributed by atoms with E-state index in [1.54, 1.807) is 13.0 Å². The second-order valence-electron chi connectivity index (χ2n) is 7.83. The molecule has 3 atom stereocenters. The SMILES string of the molecule is C/C=C/CC1=C(C)[C@H]([C@]2(C(=O)O)[C@@H](/C=C(\C)C(=O)OC)C2(C)C)CC1=O. The maximum absolute atomic E-state index is 12.5. The first-order valence-corrected chi connectivity index (χ1v) is 8.91. The van der Waals surface area contributed by atoms with Crippen LogP contribution in [0.3, 0.4) is 0 Å². The van der Waals surface area contributed by atoms with Crippen LogP contribution in [0.2, 0.25) is 0 Å². The largest absolute Gasteiger partial charge is 0.481 e. The van der Waals surface area contributed by atoms with Gasteiger partial charge in [0, 0.05) is 23.8 Å². The Morgan fingerprint density at radius 2 is 1.96 bits per heavy atom. The van der Waals surface area contributed by atoms with Gasteiger partial charge in [-0.25, -0.2) is 4.79 Å². The van der Waals surface area contributed by atoms with E-state index in [1.165, 1.54) is 7.11 Å². The zero-order chi connectivity index (χ0) is 19.9. The molecule has 0 heterocycles. The minimum absolute atomic E-state index is 0.0290. The molecule has 1 fully saturated rings. The first-order valence-electron chi connectivity index (χ1n) is 8.91. The van der Waals surface area contributed by atoms with Crippen LogP contribution >= 0.6 is 0 Å². The van der Waals surface area contributed by atoms with Crippen LogP contribution < -0.4 is 0 Å². The fourth-order valence-electron chi connectivity index (χ4n) is 4.78. The molecule has 0 aliphatic heterocycles. The normalized spacial score (nSPS) is 30.8. The molecule has 0 bridgehead atoms. The van der Waals surface area contributed by atoms with Crippen molar-refractivity contribution in [1.29, 1.82) is 0 Å². The molecule has 0 radical (unpaired) electrons. The van der Waals surface area contributed by atoms with E-state index in [9.17, 15) is 19.5 Å². The van der Waals surface area contributed by atoms with Crippen LogP contribution in [-0.2, 0) is 19.1 Å². The number of carboxylic acid groups (broad SMARTS) is 1. The molecule has 0 amide bonds. The van der Waals surface area contributed by atoms with Crippen molar-refractivity contribution in [3.8, 4) is 0 Å². The van der Waals surface area contributed by atoms with Gasteiger partial charge in [0.15, 0.2) is 5.78 Å². The van der Waals surface area contributed by atoms with Crippen LogP contribution in [0, 0.1) is 22.7 Å². The minimum Gasteiger partial charge on any atom is -0.481 e. The van der Waals surface area contributed by atoms with Gasteiger partial charge in [-0.15, -0.1) is 0 Å². The minimum atomic E-state index is -1.08. The Balaban J connectivity index is 2.50. The number of ketones is 1. The highest BCUT2D eigenvalue weighted by Gasteiger charge is 2.78. The molecule has 1 N–H and O–H groups in total. The molecular weight excluding hydrogens is 332 g/mol. The summed E-state index contributed by atoms with van der Waals surface area (Å²) in [6, 6.07) is 0. The van der Waals surface area contributed by atoms with Crippen molar-refractivity contribution in [3.05, 3.63) is 34.9 Å². The fraction of sp³-hybridized carbons (Fsp3) is 0.571. The van der Waals surface area contributed by atoms with Crippen LogP contribution in [0.5, 0.6) is 0 Å². The Morgan fingerprint density at radius 3 is 2.46 bits per heavy atom. The van der Waals surface area contributed by atoms with Crippen LogP contribution in [0.4, 0.5) is 0 Å². The first-order chi connectivity index (χ1) is 12.1. The third kappa shape index (κ3) is 2.74. The molecule has 0 unspecified atom stereocenters. The zero-order valence-corrected chi connectivity index (χ0v) is 16.4. The van der Waals surface area contributed by atoms with Gasteiger partial charge in [-0.05, 0) is 38.2 Å². The first kappa shape index (κ1) is 20.1. The van der Waals surface area contributed by atoms with Crippen LogP contribution in [0.25, 0.3) is 0 Å². The molecule has 142 valence electrons. The lowest BCUT2D eigenvalue weighted by molar-refractivity contribution is -0.147. The number of ether oxygens (including phenoxy) is 1. The molecule has 2 aliphatic carbocycles. The summed E-state index contributed by atoms with van der Waals surface area (Å²) < 4.78 is 4.74. The van der Waals surface area contributed by atoms with Crippen molar-refractivity contribution in [2.45, 2.75) is 47.5 Å². The summed E-state index contributed by atoms with van der Waals surface area (Å²) in [5.41, 5.74) is 0.351. The average Bonchev–Trinajstić information content (AvgIpc) is 2.92. The summed E-state index contributed by atoms with van der Waals surface area (Å²) in [6.45, 7) is 9.20. The van der Waals surface area contributed by atoms with E-state index in [-0.39, 0.29) is 24.0 Å². The monoisotopic (exact) mass is 360 g/mol. The van der Waals surface area contributed by atoms with Crippen molar-refractivity contribution < 1.29 is 24.2 Å². The molecule has 26 heavy (non-hydrogen) atoms. The van der Waals surface area contributed by atoms with E-state index in [1.807, 2.05) is 39.8 Å². The maximum Gasteiger partial charge on any atom is 0.333 e. The smallest absolute Gasteiger partial charge is 0.333 e. The number of allylic oxidation sites excluding steroid dienone is 5. The number of carbonyl (C=O) groups excluding carboxylic acids is 2. The lowest BCUT2D eigenvalue weighted by atomic mass is 9.78. The second kappa shape index (κ2) is 6.86. The van der Waals surface area contributed by atoms with Crippen molar-refractivity contribution in [2.75, 3.05) is 7.11 Å². The topological polar surface area (TPSA) is 80.7 Å². The molecule has 0 aromatic rings. The number of hydrogen-bond donors (Lipinski definition) is 1. The number of esters is 1. The summed E-state index contributed by atoms with van der Waals surface area (Å²) in [5, 5.41) is 10.2. The number of carboxylic acids is 1. The van der Waals surface area contributed by atoms with Gasteiger partial charge in [-0.1, -0.05) is 37.6 Å². The van der Waals surface area contributed by atoms with Crippen molar-refractivity contribution in [3.63, 3.8) is 0 Å². The molecule has 2 aliphatic rings. The molecule has 0 saturated heterocycles. The Hall–Kier alpha value is -2.17. The molecule has 5 heteroatoms. The van der Waals surface area contributed by atoms with Crippen LogP contribution in [0.1, 0.15) is 47.5 Å².